The Morgan fingerprint density at radius 1 is 0.900 bits per heavy atom. The molecule has 3 nitrogen and oxygen atoms in total. The Kier molecular flexibility index (Phi) is 6.21. The van der Waals surface area contributed by atoms with Crippen molar-refractivity contribution in [2.24, 2.45) is 0 Å². The number of hydrogen-bond donors (Lipinski definition) is 0. The summed E-state index contributed by atoms with van der Waals surface area (Å²) < 4.78 is 6.40. The highest BCUT2D eigenvalue weighted by Crippen LogP contribution is 2.28. The van der Waals surface area contributed by atoms with E-state index in [2.05, 4.69) is 71.4 Å². The van der Waals surface area contributed by atoms with E-state index in [1.165, 1.54) is 32.7 Å². The zero-order chi connectivity index (χ0) is 19.6. The van der Waals surface area contributed by atoms with Crippen LogP contribution in [0.1, 0.15) is 24.0 Å². The molecule has 0 spiro atoms. The molecule has 0 saturated carbocycles. The van der Waals surface area contributed by atoms with Gasteiger partial charge >= 0.3 is 0 Å². The van der Waals surface area contributed by atoms with Crippen LogP contribution in [-0.2, 0) is 6.54 Å². The van der Waals surface area contributed by atoms with Gasteiger partial charge in [-0.15, -0.1) is 12.4 Å². The van der Waals surface area contributed by atoms with Gasteiger partial charge in [-0.25, -0.2) is 0 Å². The van der Waals surface area contributed by atoms with Crippen LogP contribution in [0.4, 0.5) is 0 Å². The number of piperidine rings is 1. The molecule has 154 valence electrons. The third-order valence-corrected chi connectivity index (χ3v) is 5.98. The van der Waals surface area contributed by atoms with Gasteiger partial charge in [0.25, 0.3) is 0 Å². The molecule has 1 aromatic heterocycles. The highest BCUT2D eigenvalue weighted by molar-refractivity contribution is 5.85. The minimum atomic E-state index is 0. The summed E-state index contributed by atoms with van der Waals surface area (Å²) in [5.74, 6) is 1.01. The lowest BCUT2D eigenvalue weighted by Crippen LogP contribution is -2.37. The normalized spacial score (nSPS) is 15.2. The maximum Gasteiger partial charge on any atom is 0.123 e. The molecule has 0 amide bonds. The van der Waals surface area contributed by atoms with Crippen molar-refractivity contribution in [2.45, 2.75) is 32.4 Å². The molecule has 1 saturated heterocycles. The molecule has 0 N–H and O–H groups in total. The van der Waals surface area contributed by atoms with Crippen molar-refractivity contribution in [2.75, 3.05) is 13.1 Å². The molecule has 1 aliphatic rings. The lowest BCUT2D eigenvalue weighted by molar-refractivity contribution is 0.0964. The Morgan fingerprint density at radius 2 is 1.67 bits per heavy atom. The zero-order valence-electron chi connectivity index (χ0n) is 17.3. The third kappa shape index (κ3) is 4.43. The summed E-state index contributed by atoms with van der Waals surface area (Å²) in [4.78, 5) is 6.76. The number of aryl methyl sites for hydroxylation is 1. The van der Waals surface area contributed by atoms with Gasteiger partial charge in [0.1, 0.15) is 11.9 Å². The Balaban J connectivity index is 0.00000218. The Bertz CT molecular complexity index is 1150. The van der Waals surface area contributed by atoms with E-state index in [1.54, 1.807) is 0 Å². The Labute approximate surface area is 184 Å². The fraction of sp³-hybridized carbons (Fsp3) is 0.269. The molecule has 1 aliphatic heterocycles. The van der Waals surface area contributed by atoms with Crippen molar-refractivity contribution >= 4 is 34.0 Å². The van der Waals surface area contributed by atoms with Crippen molar-refractivity contribution in [3.63, 3.8) is 0 Å². The van der Waals surface area contributed by atoms with E-state index in [4.69, 9.17) is 4.74 Å². The van der Waals surface area contributed by atoms with Gasteiger partial charge in [0, 0.05) is 37.4 Å². The first-order valence-electron chi connectivity index (χ1n) is 10.5. The quantitative estimate of drug-likeness (QED) is 0.396. The Morgan fingerprint density at radius 3 is 2.50 bits per heavy atom. The largest absolute Gasteiger partial charge is 0.490 e. The zero-order valence-corrected chi connectivity index (χ0v) is 18.1. The molecule has 30 heavy (non-hydrogen) atoms. The van der Waals surface area contributed by atoms with Crippen LogP contribution < -0.4 is 4.74 Å². The van der Waals surface area contributed by atoms with Crippen molar-refractivity contribution in [1.29, 1.82) is 0 Å². The SMILES string of the molecule is Cc1cc2cnccc2cc1OC1CCN(Cc2ccc3ccccc3c2)CC1.Cl. The van der Waals surface area contributed by atoms with Crippen LogP contribution in [0.5, 0.6) is 5.75 Å². The number of pyridine rings is 1. The molecule has 0 bridgehead atoms. The molecule has 1 fully saturated rings. The topological polar surface area (TPSA) is 25.4 Å². The number of hydrogen-bond acceptors (Lipinski definition) is 3. The van der Waals surface area contributed by atoms with E-state index in [0.29, 0.717) is 6.10 Å². The van der Waals surface area contributed by atoms with Crippen LogP contribution in [0.2, 0.25) is 0 Å². The van der Waals surface area contributed by atoms with Crippen LogP contribution in [-0.4, -0.2) is 29.1 Å². The summed E-state index contributed by atoms with van der Waals surface area (Å²) in [7, 11) is 0. The number of benzene rings is 3. The fourth-order valence-electron chi connectivity index (χ4n) is 4.32. The van der Waals surface area contributed by atoms with E-state index >= 15 is 0 Å². The number of ether oxygens (including phenoxy) is 1. The highest BCUT2D eigenvalue weighted by Gasteiger charge is 2.21. The average Bonchev–Trinajstić information content (AvgIpc) is 2.75. The summed E-state index contributed by atoms with van der Waals surface area (Å²) in [6.45, 7) is 5.29. The smallest absolute Gasteiger partial charge is 0.123 e. The summed E-state index contributed by atoms with van der Waals surface area (Å²) >= 11 is 0. The van der Waals surface area contributed by atoms with E-state index in [0.717, 1.165) is 38.2 Å². The lowest BCUT2D eigenvalue weighted by atomic mass is 10.0. The summed E-state index contributed by atoms with van der Waals surface area (Å²) in [6, 6.07) is 21.8. The van der Waals surface area contributed by atoms with Gasteiger partial charge in [-0.3, -0.25) is 9.88 Å². The molecular weight excluding hydrogens is 392 g/mol. The first-order chi connectivity index (χ1) is 14.2. The van der Waals surface area contributed by atoms with Crippen molar-refractivity contribution < 1.29 is 4.74 Å². The van der Waals surface area contributed by atoms with Crippen LogP contribution in [0, 0.1) is 6.92 Å². The van der Waals surface area contributed by atoms with Gasteiger partial charge in [0.2, 0.25) is 0 Å². The number of aromatic nitrogens is 1. The van der Waals surface area contributed by atoms with E-state index < -0.39 is 0 Å². The van der Waals surface area contributed by atoms with E-state index in [1.807, 2.05) is 18.5 Å². The van der Waals surface area contributed by atoms with Gasteiger partial charge < -0.3 is 4.74 Å². The number of fused-ring (bicyclic) bond motifs is 2. The minimum Gasteiger partial charge on any atom is -0.490 e. The van der Waals surface area contributed by atoms with Crippen LogP contribution in [0.25, 0.3) is 21.5 Å². The van der Waals surface area contributed by atoms with Crippen molar-refractivity contribution in [3.8, 4) is 5.75 Å². The van der Waals surface area contributed by atoms with Gasteiger partial charge in [0.15, 0.2) is 0 Å². The predicted molar refractivity (Wildman–Crippen MR) is 127 cm³/mol. The molecule has 2 heterocycles. The predicted octanol–water partition coefficient (Wildman–Crippen LogP) is 6.16. The molecule has 3 aromatic carbocycles. The minimum absolute atomic E-state index is 0. The fourth-order valence-corrected chi connectivity index (χ4v) is 4.32. The molecular formula is C26H27ClN2O. The molecule has 0 aliphatic carbocycles. The Hall–Kier alpha value is -2.62. The van der Waals surface area contributed by atoms with Gasteiger partial charge in [0.05, 0.1) is 0 Å². The average molecular weight is 419 g/mol. The maximum atomic E-state index is 6.40. The summed E-state index contributed by atoms with van der Waals surface area (Å²) in [6.07, 6.45) is 6.19. The first kappa shape index (κ1) is 20.6. The van der Waals surface area contributed by atoms with Gasteiger partial charge in [-0.2, -0.15) is 0 Å². The molecule has 0 radical (unpaired) electrons. The van der Waals surface area contributed by atoms with Crippen molar-refractivity contribution in [3.05, 3.63) is 84.2 Å². The van der Waals surface area contributed by atoms with Gasteiger partial charge in [-0.1, -0.05) is 36.4 Å². The van der Waals surface area contributed by atoms with Crippen LogP contribution >= 0.6 is 12.4 Å². The number of rotatable bonds is 4. The van der Waals surface area contributed by atoms with E-state index in [-0.39, 0.29) is 12.4 Å². The second-order valence-electron chi connectivity index (χ2n) is 8.12. The van der Waals surface area contributed by atoms with E-state index in [9.17, 15) is 0 Å². The van der Waals surface area contributed by atoms with Crippen molar-refractivity contribution in [1.82, 2.24) is 9.88 Å². The molecule has 4 heteroatoms. The third-order valence-electron chi connectivity index (χ3n) is 5.98. The van der Waals surface area contributed by atoms with Gasteiger partial charge in [-0.05, 0) is 71.3 Å². The second kappa shape index (κ2) is 9.03. The number of likely N-dealkylation sites (tertiary alicyclic amines) is 1. The lowest BCUT2D eigenvalue weighted by Gasteiger charge is -2.32. The summed E-state index contributed by atoms with van der Waals surface area (Å²) in [5, 5.41) is 4.99. The molecule has 4 aromatic rings. The van der Waals surface area contributed by atoms with Crippen LogP contribution in [0.3, 0.4) is 0 Å². The summed E-state index contributed by atoms with van der Waals surface area (Å²) in [5.41, 5.74) is 2.58. The standard InChI is InChI=1S/C26H26N2O.ClH/c1-19-14-24-17-27-11-8-23(24)16-26(19)29-25-9-12-28(13-10-25)18-20-6-7-21-4-2-3-5-22(21)15-20;/h2-8,11,14-17,25H,9-10,12-13,18H2,1H3;1H. The molecule has 0 atom stereocenters. The van der Waals surface area contributed by atoms with Crippen LogP contribution in [0.15, 0.2) is 73.1 Å². The molecule has 5 rings (SSSR count). The highest BCUT2D eigenvalue weighted by atomic mass is 35.5. The molecule has 0 unspecified atom stereocenters. The first-order valence-corrected chi connectivity index (χ1v) is 10.5. The maximum absolute atomic E-state index is 6.40. The number of halogens is 1. The monoisotopic (exact) mass is 418 g/mol. The second-order valence-corrected chi connectivity index (χ2v) is 8.12. The number of nitrogens with zero attached hydrogens (tertiary/aromatic N) is 2.